The molecule has 1 aromatic carbocycles. The summed E-state index contributed by atoms with van der Waals surface area (Å²) in [6.45, 7) is 1.96. The van der Waals surface area contributed by atoms with E-state index in [4.69, 9.17) is 16.3 Å². The van der Waals surface area contributed by atoms with Crippen molar-refractivity contribution in [2.45, 2.75) is 6.92 Å². The minimum Gasteiger partial charge on any atom is -0.497 e. The van der Waals surface area contributed by atoms with Crippen LogP contribution in [0.25, 0.3) is 11.4 Å². The number of hydrogen-bond acceptors (Lipinski definition) is 3. The fourth-order valence-corrected chi connectivity index (χ4v) is 1.88. The van der Waals surface area contributed by atoms with Crippen molar-refractivity contribution in [3.05, 3.63) is 41.2 Å². The first-order chi connectivity index (χ1) is 7.72. The highest BCUT2D eigenvalue weighted by molar-refractivity contribution is 6.33. The molecule has 4 heteroatoms. The summed E-state index contributed by atoms with van der Waals surface area (Å²) in [4.78, 5) is 8.38. The van der Waals surface area contributed by atoms with E-state index in [0.29, 0.717) is 10.8 Å². The minimum absolute atomic E-state index is 0.600. The number of hydrogen-bond donors (Lipinski definition) is 0. The first-order valence-corrected chi connectivity index (χ1v) is 5.21. The lowest BCUT2D eigenvalue weighted by atomic mass is 10.1. The molecule has 0 radical (unpaired) electrons. The minimum atomic E-state index is 0.600. The Kier molecular flexibility index (Phi) is 3.06. The SMILES string of the molecule is COc1cc(C)c(-c2ncccn2)c(Cl)c1. The second-order valence-electron chi connectivity index (χ2n) is 3.37. The molecule has 16 heavy (non-hydrogen) atoms. The van der Waals surface area contributed by atoms with Gasteiger partial charge in [-0.3, -0.25) is 0 Å². The molecule has 0 aliphatic rings. The zero-order valence-corrected chi connectivity index (χ0v) is 9.82. The Bertz CT molecular complexity index is 477. The highest BCUT2D eigenvalue weighted by Gasteiger charge is 2.11. The topological polar surface area (TPSA) is 35.0 Å². The predicted molar refractivity (Wildman–Crippen MR) is 63.8 cm³/mol. The van der Waals surface area contributed by atoms with Gasteiger partial charge in [0.2, 0.25) is 0 Å². The molecule has 0 spiro atoms. The van der Waals surface area contributed by atoms with E-state index in [9.17, 15) is 0 Å². The van der Waals surface area contributed by atoms with E-state index >= 15 is 0 Å². The fourth-order valence-electron chi connectivity index (χ4n) is 1.54. The van der Waals surface area contributed by atoms with Gasteiger partial charge < -0.3 is 4.74 Å². The second kappa shape index (κ2) is 4.49. The van der Waals surface area contributed by atoms with Gasteiger partial charge in [0.1, 0.15) is 5.75 Å². The Morgan fingerprint density at radius 2 is 1.88 bits per heavy atom. The predicted octanol–water partition coefficient (Wildman–Crippen LogP) is 3.11. The van der Waals surface area contributed by atoms with Crippen molar-refractivity contribution in [2.24, 2.45) is 0 Å². The molecule has 82 valence electrons. The maximum Gasteiger partial charge on any atom is 0.160 e. The maximum atomic E-state index is 6.19. The second-order valence-corrected chi connectivity index (χ2v) is 3.78. The summed E-state index contributed by atoms with van der Waals surface area (Å²) in [7, 11) is 1.61. The third-order valence-corrected chi connectivity index (χ3v) is 2.58. The van der Waals surface area contributed by atoms with Crippen molar-refractivity contribution in [1.82, 2.24) is 9.97 Å². The molecule has 2 aromatic rings. The van der Waals surface area contributed by atoms with Crippen molar-refractivity contribution in [1.29, 1.82) is 0 Å². The Labute approximate surface area is 99.1 Å². The molecule has 0 aliphatic carbocycles. The third kappa shape index (κ3) is 1.99. The lowest BCUT2D eigenvalue weighted by Crippen LogP contribution is -1.93. The van der Waals surface area contributed by atoms with Gasteiger partial charge in [-0.15, -0.1) is 0 Å². The van der Waals surface area contributed by atoms with E-state index < -0.39 is 0 Å². The molecule has 0 bridgehead atoms. The van der Waals surface area contributed by atoms with E-state index in [1.807, 2.05) is 13.0 Å². The zero-order valence-electron chi connectivity index (χ0n) is 9.07. The Hall–Kier alpha value is -1.61. The van der Waals surface area contributed by atoms with Crippen LogP contribution in [0.4, 0.5) is 0 Å². The van der Waals surface area contributed by atoms with Gasteiger partial charge in [-0.2, -0.15) is 0 Å². The molecule has 0 N–H and O–H groups in total. The van der Waals surface area contributed by atoms with Gasteiger partial charge in [-0.05, 0) is 30.7 Å². The van der Waals surface area contributed by atoms with Crippen LogP contribution in [-0.4, -0.2) is 17.1 Å². The number of benzene rings is 1. The first-order valence-electron chi connectivity index (χ1n) is 4.84. The molecule has 1 aromatic heterocycles. The number of halogens is 1. The molecular formula is C12H11ClN2O. The summed E-state index contributed by atoms with van der Waals surface area (Å²) >= 11 is 6.19. The molecule has 2 rings (SSSR count). The average molecular weight is 235 g/mol. The summed E-state index contributed by atoms with van der Waals surface area (Å²) in [6.07, 6.45) is 3.39. The van der Waals surface area contributed by atoms with Gasteiger partial charge in [0.25, 0.3) is 0 Å². The summed E-state index contributed by atoms with van der Waals surface area (Å²) in [5.74, 6) is 1.37. The molecule has 0 amide bonds. The summed E-state index contributed by atoms with van der Waals surface area (Å²) < 4.78 is 5.14. The maximum absolute atomic E-state index is 6.19. The van der Waals surface area contributed by atoms with Crippen LogP contribution in [0.5, 0.6) is 5.75 Å². The molecule has 0 unspecified atom stereocenters. The van der Waals surface area contributed by atoms with Gasteiger partial charge in [-0.25, -0.2) is 9.97 Å². The monoisotopic (exact) mass is 234 g/mol. The highest BCUT2D eigenvalue weighted by Crippen LogP contribution is 2.32. The van der Waals surface area contributed by atoms with Crippen molar-refractivity contribution in [3.63, 3.8) is 0 Å². The fraction of sp³-hybridized carbons (Fsp3) is 0.167. The first kappa shape index (κ1) is 10.9. The van der Waals surface area contributed by atoms with Gasteiger partial charge in [0.05, 0.1) is 12.1 Å². The molecule has 0 atom stereocenters. The normalized spacial score (nSPS) is 10.2. The summed E-state index contributed by atoms with van der Waals surface area (Å²) in [6, 6.07) is 5.45. The molecule has 0 saturated carbocycles. The molecule has 0 aliphatic heterocycles. The van der Waals surface area contributed by atoms with Crippen LogP contribution in [0.15, 0.2) is 30.6 Å². The van der Waals surface area contributed by atoms with Gasteiger partial charge in [0, 0.05) is 18.0 Å². The van der Waals surface area contributed by atoms with Crippen molar-refractivity contribution < 1.29 is 4.74 Å². The van der Waals surface area contributed by atoms with Gasteiger partial charge in [-0.1, -0.05) is 11.6 Å². The van der Waals surface area contributed by atoms with Crippen molar-refractivity contribution in [3.8, 4) is 17.1 Å². The Morgan fingerprint density at radius 3 is 2.44 bits per heavy atom. The van der Waals surface area contributed by atoms with E-state index in [0.717, 1.165) is 16.9 Å². The van der Waals surface area contributed by atoms with Crippen LogP contribution in [0.3, 0.4) is 0 Å². The van der Waals surface area contributed by atoms with E-state index in [2.05, 4.69) is 9.97 Å². The van der Waals surface area contributed by atoms with Crippen LogP contribution < -0.4 is 4.74 Å². The quantitative estimate of drug-likeness (QED) is 0.801. The van der Waals surface area contributed by atoms with Crippen LogP contribution in [0, 0.1) is 6.92 Å². The lowest BCUT2D eigenvalue weighted by Gasteiger charge is -2.09. The van der Waals surface area contributed by atoms with Gasteiger partial charge in [0.15, 0.2) is 5.82 Å². The van der Waals surface area contributed by atoms with Crippen LogP contribution in [0.1, 0.15) is 5.56 Å². The van der Waals surface area contributed by atoms with Crippen LogP contribution >= 0.6 is 11.6 Å². The van der Waals surface area contributed by atoms with Crippen molar-refractivity contribution >= 4 is 11.6 Å². The van der Waals surface area contributed by atoms with E-state index in [1.54, 1.807) is 31.6 Å². The largest absolute Gasteiger partial charge is 0.497 e. The van der Waals surface area contributed by atoms with Crippen LogP contribution in [-0.2, 0) is 0 Å². The number of aryl methyl sites for hydroxylation is 1. The smallest absolute Gasteiger partial charge is 0.160 e. The molecule has 0 saturated heterocycles. The number of methoxy groups -OCH3 is 1. The zero-order chi connectivity index (χ0) is 11.5. The van der Waals surface area contributed by atoms with E-state index in [1.165, 1.54) is 0 Å². The van der Waals surface area contributed by atoms with Gasteiger partial charge >= 0.3 is 0 Å². The number of nitrogens with zero attached hydrogens (tertiary/aromatic N) is 2. The van der Waals surface area contributed by atoms with Crippen LogP contribution in [0.2, 0.25) is 5.02 Å². The van der Waals surface area contributed by atoms with E-state index in [-0.39, 0.29) is 0 Å². The Morgan fingerprint density at radius 1 is 1.19 bits per heavy atom. The lowest BCUT2D eigenvalue weighted by molar-refractivity contribution is 0.414. The average Bonchev–Trinajstić information content (AvgIpc) is 2.29. The molecule has 1 heterocycles. The molecule has 3 nitrogen and oxygen atoms in total. The summed E-state index contributed by atoms with van der Waals surface area (Å²) in [5.41, 5.74) is 1.85. The standard InChI is InChI=1S/C12H11ClN2O/c1-8-6-9(16-2)7-10(13)11(8)12-14-4-3-5-15-12/h3-7H,1-2H3. The number of rotatable bonds is 2. The Balaban J connectivity index is 2.58. The highest BCUT2D eigenvalue weighted by atomic mass is 35.5. The third-order valence-electron chi connectivity index (χ3n) is 2.29. The van der Waals surface area contributed by atoms with Crippen molar-refractivity contribution in [2.75, 3.05) is 7.11 Å². The number of aromatic nitrogens is 2. The molecular weight excluding hydrogens is 224 g/mol. The number of ether oxygens (including phenoxy) is 1. The molecule has 0 fully saturated rings. The summed E-state index contributed by atoms with van der Waals surface area (Å²) in [5, 5.41) is 0.600.